The second-order valence-electron chi connectivity index (χ2n) is 3.65. The summed E-state index contributed by atoms with van der Waals surface area (Å²) in [5.74, 6) is 0. The molecule has 1 aromatic rings. The van der Waals surface area contributed by atoms with Gasteiger partial charge in [-0.05, 0) is 0 Å². The Balaban J connectivity index is 0.00000256. The van der Waals surface area contributed by atoms with E-state index in [9.17, 15) is 0 Å². The van der Waals surface area contributed by atoms with Crippen molar-refractivity contribution in [1.29, 1.82) is 0 Å². The molecular formula is C12H18O3PY-. The molecule has 0 aliphatic carbocycles. The Morgan fingerprint density at radius 1 is 1.24 bits per heavy atom. The summed E-state index contributed by atoms with van der Waals surface area (Å²) in [4.78, 5) is 0. The van der Waals surface area contributed by atoms with Gasteiger partial charge in [-0.2, -0.15) is 24.3 Å². The number of methoxy groups -OCH3 is 1. The Morgan fingerprint density at radius 3 is 2.35 bits per heavy atom. The predicted octanol–water partition coefficient (Wildman–Crippen LogP) is 2.70. The Kier molecular flexibility index (Phi) is 8.83. The molecule has 0 amide bonds. The Morgan fingerprint density at radius 2 is 1.82 bits per heavy atom. The van der Waals surface area contributed by atoms with Crippen LogP contribution in [-0.2, 0) is 59.7 Å². The molecule has 0 spiro atoms. The van der Waals surface area contributed by atoms with Crippen molar-refractivity contribution >= 4 is 13.6 Å². The van der Waals surface area contributed by atoms with E-state index in [0.29, 0.717) is 13.2 Å². The van der Waals surface area contributed by atoms with Crippen molar-refractivity contribution in [2.24, 2.45) is 0 Å². The van der Waals surface area contributed by atoms with Gasteiger partial charge in [0.05, 0.1) is 0 Å². The van der Waals surface area contributed by atoms with E-state index in [1.165, 1.54) is 0 Å². The third-order valence-electron chi connectivity index (χ3n) is 2.11. The number of hydrogen-bond acceptors (Lipinski definition) is 3. The van der Waals surface area contributed by atoms with Crippen LogP contribution in [0.3, 0.4) is 0 Å². The van der Waals surface area contributed by atoms with E-state index in [1.54, 1.807) is 14.2 Å². The molecule has 0 aliphatic rings. The summed E-state index contributed by atoms with van der Waals surface area (Å²) in [6, 6.07) is 8.90. The molecule has 1 unspecified atom stereocenters. The third-order valence-corrected chi connectivity index (χ3v) is 3.56. The second kappa shape index (κ2) is 8.58. The van der Waals surface area contributed by atoms with Crippen molar-refractivity contribution in [1.82, 2.24) is 0 Å². The molecule has 1 radical (unpaired) electrons. The van der Waals surface area contributed by atoms with Crippen LogP contribution in [0.2, 0.25) is 0 Å². The average molecular weight is 330 g/mol. The summed E-state index contributed by atoms with van der Waals surface area (Å²) < 4.78 is 15.9. The smallest absolute Gasteiger partial charge is 0.113 e. The largest absolute Gasteiger partial charge is 0.392 e. The van der Waals surface area contributed by atoms with Gasteiger partial charge in [-0.15, -0.1) is 11.1 Å². The second-order valence-corrected chi connectivity index (χ2v) is 6.30. The van der Waals surface area contributed by atoms with Crippen LogP contribution < -0.4 is 0 Å². The summed E-state index contributed by atoms with van der Waals surface area (Å²) in [6.45, 7) is 2.97. The summed E-state index contributed by atoms with van der Waals surface area (Å²) in [5, 5.41) is 0. The molecule has 93 valence electrons. The van der Waals surface area contributed by atoms with Gasteiger partial charge in [0.2, 0.25) is 0 Å². The van der Waals surface area contributed by atoms with Crippen LogP contribution in [0.5, 0.6) is 0 Å². The molecule has 0 N–H and O–H groups in total. The van der Waals surface area contributed by atoms with Gasteiger partial charge in [-0.1, -0.05) is 6.30 Å². The van der Waals surface area contributed by atoms with Gasteiger partial charge < -0.3 is 13.8 Å². The quantitative estimate of drug-likeness (QED) is 0.593. The van der Waals surface area contributed by atoms with Crippen LogP contribution in [-0.4, -0.2) is 27.2 Å². The topological polar surface area (TPSA) is 27.7 Å². The molecule has 0 fully saturated rings. The normalized spacial score (nSPS) is 13.8. The first-order valence-electron chi connectivity index (χ1n) is 4.96. The van der Waals surface area contributed by atoms with Crippen molar-refractivity contribution < 1.29 is 46.5 Å². The monoisotopic (exact) mass is 330 g/mol. The van der Waals surface area contributed by atoms with Gasteiger partial charge in [-0.3, -0.25) is 0 Å². The van der Waals surface area contributed by atoms with Gasteiger partial charge in [-0.25, -0.2) is 0 Å². The van der Waals surface area contributed by atoms with E-state index in [1.807, 2.05) is 24.9 Å². The SMILES string of the molecule is C=P(C)(OC)OCc1c[c-]cc(COC)c1.[Y]. The molecule has 0 saturated heterocycles. The first-order chi connectivity index (χ1) is 7.57. The molecule has 1 atom stereocenters. The van der Waals surface area contributed by atoms with Crippen molar-refractivity contribution in [3.63, 3.8) is 0 Å². The van der Waals surface area contributed by atoms with Crippen molar-refractivity contribution in [3.8, 4) is 0 Å². The maximum absolute atomic E-state index is 5.61. The van der Waals surface area contributed by atoms with Gasteiger partial charge in [0, 0.05) is 66.8 Å². The van der Waals surface area contributed by atoms with E-state index in [0.717, 1.165) is 11.1 Å². The number of hydrogen-bond donors (Lipinski definition) is 0. The van der Waals surface area contributed by atoms with Gasteiger partial charge >= 0.3 is 0 Å². The number of benzene rings is 1. The van der Waals surface area contributed by atoms with Gasteiger partial charge in [0.1, 0.15) is 7.34 Å². The van der Waals surface area contributed by atoms with Crippen molar-refractivity contribution in [3.05, 3.63) is 35.4 Å². The van der Waals surface area contributed by atoms with Crippen LogP contribution in [0.1, 0.15) is 11.1 Å². The number of rotatable bonds is 6. The van der Waals surface area contributed by atoms with E-state index in [-0.39, 0.29) is 32.7 Å². The maximum Gasteiger partial charge on any atom is 0.113 e. The molecule has 0 saturated carbocycles. The zero-order chi connectivity index (χ0) is 12.0. The zero-order valence-electron chi connectivity index (χ0n) is 10.6. The Bertz CT molecular complexity index is 382. The molecule has 0 aromatic heterocycles. The maximum atomic E-state index is 5.61. The first-order valence-corrected chi connectivity index (χ1v) is 7.22. The van der Waals surface area contributed by atoms with Crippen LogP contribution in [0.25, 0.3) is 0 Å². The predicted molar refractivity (Wildman–Crippen MR) is 67.8 cm³/mol. The first kappa shape index (κ1) is 17.5. The Hall–Kier alpha value is 0.504. The van der Waals surface area contributed by atoms with Crippen molar-refractivity contribution in [2.75, 3.05) is 20.9 Å². The molecule has 1 aromatic carbocycles. The molecule has 0 heterocycles. The van der Waals surface area contributed by atoms with E-state index in [2.05, 4.69) is 12.4 Å². The fourth-order valence-corrected chi connectivity index (χ4v) is 1.70. The average Bonchev–Trinajstić information content (AvgIpc) is 2.28. The fourth-order valence-electron chi connectivity index (χ4n) is 1.17. The zero-order valence-corrected chi connectivity index (χ0v) is 14.3. The summed E-state index contributed by atoms with van der Waals surface area (Å²) in [7, 11) is 1.38. The third kappa shape index (κ3) is 6.86. The van der Waals surface area contributed by atoms with E-state index < -0.39 is 7.34 Å². The summed E-state index contributed by atoms with van der Waals surface area (Å²) in [6.07, 6.45) is 3.89. The standard InChI is InChI=1S/C12H18O3P.Y/c1-13-9-11-6-5-7-12(8-11)10-15-16(3,4)14-2;/h6-8H,3,9-10H2,1-2,4H3;/q-1;. The van der Waals surface area contributed by atoms with E-state index >= 15 is 0 Å². The molecule has 3 nitrogen and oxygen atoms in total. The minimum Gasteiger partial charge on any atom is -0.392 e. The van der Waals surface area contributed by atoms with Crippen LogP contribution in [0.4, 0.5) is 0 Å². The molecule has 17 heavy (non-hydrogen) atoms. The van der Waals surface area contributed by atoms with Crippen LogP contribution in [0.15, 0.2) is 18.2 Å². The molecule has 5 heteroatoms. The molecular weight excluding hydrogens is 312 g/mol. The minimum atomic E-state index is -1.91. The van der Waals surface area contributed by atoms with E-state index in [4.69, 9.17) is 13.8 Å². The van der Waals surface area contributed by atoms with Crippen molar-refractivity contribution in [2.45, 2.75) is 13.2 Å². The Labute approximate surface area is 129 Å². The van der Waals surface area contributed by atoms with Gasteiger partial charge in [0.25, 0.3) is 0 Å². The molecule has 1 rings (SSSR count). The molecule has 0 bridgehead atoms. The number of ether oxygens (including phenoxy) is 1. The van der Waals surface area contributed by atoms with Crippen LogP contribution in [0, 0.1) is 6.07 Å². The summed E-state index contributed by atoms with van der Waals surface area (Å²) >= 11 is 0. The summed E-state index contributed by atoms with van der Waals surface area (Å²) in [5.41, 5.74) is 2.14. The van der Waals surface area contributed by atoms with Gasteiger partial charge in [0.15, 0.2) is 0 Å². The fraction of sp³-hybridized carbons (Fsp3) is 0.417. The minimum absolute atomic E-state index is 0. The molecule has 0 aliphatic heterocycles. The van der Waals surface area contributed by atoms with Crippen LogP contribution >= 0.6 is 7.34 Å².